The van der Waals surface area contributed by atoms with Gasteiger partial charge in [0.15, 0.2) is 16.6 Å². The lowest BCUT2D eigenvalue weighted by Gasteiger charge is -2.10. The molecule has 23 heavy (non-hydrogen) atoms. The first-order valence-corrected chi connectivity index (χ1v) is 8.12. The molecule has 0 saturated carbocycles. The SMILES string of the molecule is C=CCn1c(=O)c2cnc(SC)nc2n1-c1cccc(CO)n1. The van der Waals surface area contributed by atoms with Crippen molar-refractivity contribution in [1.29, 1.82) is 0 Å². The van der Waals surface area contributed by atoms with Gasteiger partial charge >= 0.3 is 0 Å². The van der Waals surface area contributed by atoms with Gasteiger partial charge in [-0.1, -0.05) is 23.9 Å². The van der Waals surface area contributed by atoms with E-state index in [1.54, 1.807) is 29.0 Å². The first-order valence-electron chi connectivity index (χ1n) is 6.90. The number of aliphatic hydroxyl groups excluding tert-OH is 1. The predicted molar refractivity (Wildman–Crippen MR) is 88.8 cm³/mol. The first-order chi connectivity index (χ1) is 11.2. The molecule has 0 bridgehead atoms. The Kier molecular flexibility index (Phi) is 4.26. The fourth-order valence-corrected chi connectivity index (χ4v) is 2.64. The van der Waals surface area contributed by atoms with Crippen LogP contribution in [0, 0.1) is 0 Å². The molecule has 3 heterocycles. The number of hydrogen-bond donors (Lipinski definition) is 1. The number of thioether (sulfide) groups is 1. The third kappa shape index (κ3) is 2.66. The van der Waals surface area contributed by atoms with Gasteiger partial charge in [-0.3, -0.25) is 4.79 Å². The van der Waals surface area contributed by atoms with E-state index in [9.17, 15) is 9.90 Å². The van der Waals surface area contributed by atoms with Crippen molar-refractivity contribution >= 4 is 22.8 Å². The molecular weight excluding hydrogens is 314 g/mol. The minimum Gasteiger partial charge on any atom is -0.390 e. The van der Waals surface area contributed by atoms with Crippen LogP contribution in [0.5, 0.6) is 0 Å². The summed E-state index contributed by atoms with van der Waals surface area (Å²) in [7, 11) is 0. The van der Waals surface area contributed by atoms with E-state index in [-0.39, 0.29) is 12.2 Å². The fourth-order valence-electron chi connectivity index (χ4n) is 2.30. The lowest BCUT2D eigenvalue weighted by molar-refractivity contribution is 0.276. The number of fused-ring (bicyclic) bond motifs is 1. The molecule has 118 valence electrons. The van der Waals surface area contributed by atoms with Crippen molar-refractivity contribution in [2.45, 2.75) is 18.3 Å². The number of hydrogen-bond acceptors (Lipinski definition) is 6. The molecule has 3 rings (SSSR count). The second kappa shape index (κ2) is 6.35. The first kappa shape index (κ1) is 15.4. The van der Waals surface area contributed by atoms with Gasteiger partial charge in [-0.05, 0) is 18.4 Å². The second-order valence-corrected chi connectivity index (χ2v) is 5.50. The van der Waals surface area contributed by atoms with Crippen molar-refractivity contribution in [2.75, 3.05) is 6.26 Å². The molecule has 0 atom stereocenters. The van der Waals surface area contributed by atoms with Gasteiger partial charge < -0.3 is 5.11 Å². The summed E-state index contributed by atoms with van der Waals surface area (Å²) in [6.45, 7) is 3.83. The molecule has 3 aromatic rings. The molecule has 0 unspecified atom stereocenters. The van der Waals surface area contributed by atoms with Crippen LogP contribution in [-0.4, -0.2) is 35.7 Å². The lowest BCUT2D eigenvalue weighted by Crippen LogP contribution is -2.22. The number of rotatable bonds is 5. The average molecular weight is 329 g/mol. The monoisotopic (exact) mass is 329 g/mol. The highest BCUT2D eigenvalue weighted by Crippen LogP contribution is 2.17. The van der Waals surface area contributed by atoms with E-state index in [0.29, 0.717) is 34.2 Å². The van der Waals surface area contributed by atoms with E-state index in [1.807, 2.05) is 6.26 Å². The maximum absolute atomic E-state index is 12.6. The largest absolute Gasteiger partial charge is 0.390 e. The minimum absolute atomic E-state index is 0.177. The molecule has 0 fully saturated rings. The molecule has 0 aliphatic rings. The summed E-state index contributed by atoms with van der Waals surface area (Å²) < 4.78 is 3.14. The summed E-state index contributed by atoms with van der Waals surface area (Å²) in [4.78, 5) is 25.6. The summed E-state index contributed by atoms with van der Waals surface area (Å²) in [5, 5.41) is 10.3. The van der Waals surface area contributed by atoms with E-state index in [1.165, 1.54) is 22.6 Å². The van der Waals surface area contributed by atoms with E-state index in [2.05, 4.69) is 21.5 Å². The number of nitrogens with zero attached hydrogens (tertiary/aromatic N) is 5. The maximum Gasteiger partial charge on any atom is 0.278 e. The molecule has 0 aliphatic heterocycles. The minimum atomic E-state index is -0.205. The van der Waals surface area contributed by atoms with Gasteiger partial charge in [0.2, 0.25) is 0 Å². The molecular formula is C15H15N5O2S. The maximum atomic E-state index is 12.6. The Morgan fingerprint density at radius 1 is 1.39 bits per heavy atom. The van der Waals surface area contributed by atoms with Gasteiger partial charge in [0, 0.05) is 6.20 Å². The van der Waals surface area contributed by atoms with Crippen LogP contribution in [-0.2, 0) is 13.2 Å². The number of aromatic nitrogens is 5. The molecule has 0 aromatic carbocycles. The summed E-state index contributed by atoms with van der Waals surface area (Å²) in [5.74, 6) is 0.510. The normalized spacial score (nSPS) is 11.0. The molecule has 0 radical (unpaired) electrons. The average Bonchev–Trinajstić information content (AvgIpc) is 2.87. The second-order valence-electron chi connectivity index (χ2n) is 4.73. The Morgan fingerprint density at radius 3 is 2.91 bits per heavy atom. The Labute approximate surface area is 136 Å². The van der Waals surface area contributed by atoms with Crippen LogP contribution >= 0.6 is 11.8 Å². The fraction of sp³-hybridized carbons (Fsp3) is 0.200. The van der Waals surface area contributed by atoms with Gasteiger partial charge in [-0.15, -0.1) is 6.58 Å². The number of allylic oxidation sites excluding steroid dienone is 1. The molecule has 0 saturated heterocycles. The van der Waals surface area contributed by atoms with Crippen LogP contribution in [0.1, 0.15) is 5.69 Å². The zero-order valence-electron chi connectivity index (χ0n) is 12.5. The van der Waals surface area contributed by atoms with Crippen molar-refractivity contribution in [3.63, 3.8) is 0 Å². The highest BCUT2D eigenvalue weighted by atomic mass is 32.2. The Bertz CT molecular complexity index is 931. The van der Waals surface area contributed by atoms with Crippen molar-refractivity contribution in [3.8, 4) is 5.82 Å². The summed E-state index contributed by atoms with van der Waals surface area (Å²) in [5.41, 5.74) is 0.795. The van der Waals surface area contributed by atoms with Gasteiger partial charge in [0.25, 0.3) is 5.56 Å². The molecule has 0 aliphatic carbocycles. The zero-order valence-corrected chi connectivity index (χ0v) is 13.3. The van der Waals surface area contributed by atoms with Crippen LogP contribution in [0.25, 0.3) is 16.9 Å². The van der Waals surface area contributed by atoms with Gasteiger partial charge in [-0.25, -0.2) is 24.3 Å². The van der Waals surface area contributed by atoms with Gasteiger partial charge in [0.05, 0.1) is 18.8 Å². The molecule has 8 heteroatoms. The van der Waals surface area contributed by atoms with Gasteiger partial charge in [0.1, 0.15) is 5.39 Å². The van der Waals surface area contributed by atoms with Crippen LogP contribution < -0.4 is 5.56 Å². The Hall–Kier alpha value is -2.45. The third-order valence-electron chi connectivity index (χ3n) is 3.31. The summed E-state index contributed by atoms with van der Waals surface area (Å²) in [6, 6.07) is 5.26. The number of pyridine rings is 1. The summed E-state index contributed by atoms with van der Waals surface area (Å²) in [6.07, 6.45) is 5.03. The Morgan fingerprint density at radius 2 is 2.22 bits per heavy atom. The molecule has 7 nitrogen and oxygen atoms in total. The van der Waals surface area contributed by atoms with E-state index in [4.69, 9.17) is 0 Å². The van der Waals surface area contributed by atoms with Gasteiger partial charge in [-0.2, -0.15) is 0 Å². The quantitative estimate of drug-likeness (QED) is 0.432. The molecule has 0 spiro atoms. The molecule has 0 amide bonds. The van der Waals surface area contributed by atoms with Crippen LogP contribution in [0.15, 0.2) is 47.0 Å². The van der Waals surface area contributed by atoms with E-state index >= 15 is 0 Å². The van der Waals surface area contributed by atoms with Crippen LogP contribution in [0.4, 0.5) is 0 Å². The van der Waals surface area contributed by atoms with Crippen molar-refractivity contribution in [3.05, 3.63) is 53.1 Å². The highest BCUT2D eigenvalue weighted by molar-refractivity contribution is 7.98. The van der Waals surface area contributed by atoms with Crippen molar-refractivity contribution in [2.24, 2.45) is 0 Å². The summed E-state index contributed by atoms with van der Waals surface area (Å²) >= 11 is 1.40. The topological polar surface area (TPSA) is 85.8 Å². The molecule has 1 N–H and O–H groups in total. The van der Waals surface area contributed by atoms with Crippen molar-refractivity contribution < 1.29 is 5.11 Å². The smallest absolute Gasteiger partial charge is 0.278 e. The number of aliphatic hydroxyl groups is 1. The standard InChI is InChI=1S/C15H15N5O2S/c1-3-7-19-14(22)11-8-16-15(23-2)18-13(11)20(19)12-6-4-5-10(9-21)17-12/h3-6,8,21H,1,7,9H2,2H3. The molecule has 3 aromatic heterocycles. The van der Waals surface area contributed by atoms with E-state index in [0.717, 1.165) is 0 Å². The predicted octanol–water partition coefficient (Wildman–Crippen LogP) is 1.38. The zero-order chi connectivity index (χ0) is 16.4. The van der Waals surface area contributed by atoms with Crippen molar-refractivity contribution in [1.82, 2.24) is 24.3 Å². The van der Waals surface area contributed by atoms with Crippen LogP contribution in [0.3, 0.4) is 0 Å². The van der Waals surface area contributed by atoms with Crippen LogP contribution in [0.2, 0.25) is 0 Å². The highest BCUT2D eigenvalue weighted by Gasteiger charge is 2.17. The van der Waals surface area contributed by atoms with E-state index < -0.39 is 0 Å². The Balaban J connectivity index is 2.37. The lowest BCUT2D eigenvalue weighted by atomic mass is 10.3. The third-order valence-corrected chi connectivity index (χ3v) is 3.87.